The molecule has 0 saturated heterocycles. The molecule has 92 valence electrons. The number of hydrogen-bond donors (Lipinski definition) is 1. The van der Waals surface area contributed by atoms with E-state index in [2.05, 4.69) is 11.4 Å². The monoisotopic (exact) mass is 234 g/mol. The summed E-state index contributed by atoms with van der Waals surface area (Å²) in [6.45, 7) is 1.57. The van der Waals surface area contributed by atoms with E-state index >= 15 is 0 Å². The van der Waals surface area contributed by atoms with Crippen molar-refractivity contribution >= 4 is 0 Å². The van der Waals surface area contributed by atoms with Gasteiger partial charge in [0.15, 0.2) is 0 Å². The van der Waals surface area contributed by atoms with Gasteiger partial charge in [-0.05, 0) is 19.0 Å². The molecule has 1 aromatic rings. The zero-order valence-electron chi connectivity index (χ0n) is 10.3. The summed E-state index contributed by atoms with van der Waals surface area (Å²) < 4.78 is 10.4. The van der Waals surface area contributed by atoms with Gasteiger partial charge in [-0.15, -0.1) is 0 Å². The average Bonchev–Trinajstić information content (AvgIpc) is 2.38. The minimum absolute atomic E-state index is 0.590. The molecule has 1 aromatic carbocycles. The van der Waals surface area contributed by atoms with Gasteiger partial charge in [0.2, 0.25) is 0 Å². The zero-order valence-corrected chi connectivity index (χ0v) is 10.3. The van der Waals surface area contributed by atoms with Crippen LogP contribution in [0.3, 0.4) is 0 Å². The highest BCUT2D eigenvalue weighted by atomic mass is 16.5. The highest BCUT2D eigenvalue weighted by molar-refractivity contribution is 5.40. The Kier molecular flexibility index (Phi) is 5.91. The third-order valence-corrected chi connectivity index (χ3v) is 2.45. The molecule has 0 aliphatic rings. The lowest BCUT2D eigenvalue weighted by molar-refractivity contribution is 0.390. The maximum atomic E-state index is 8.41. The quantitative estimate of drug-likeness (QED) is 0.734. The summed E-state index contributed by atoms with van der Waals surface area (Å²) in [6.07, 6.45) is 1.46. The van der Waals surface area contributed by atoms with Crippen LogP contribution in [0.5, 0.6) is 11.5 Å². The summed E-state index contributed by atoms with van der Waals surface area (Å²) in [5, 5.41) is 11.7. The molecule has 0 aliphatic carbocycles. The van der Waals surface area contributed by atoms with Crippen LogP contribution in [0, 0.1) is 11.3 Å². The van der Waals surface area contributed by atoms with Crippen molar-refractivity contribution in [2.75, 3.05) is 20.8 Å². The minimum Gasteiger partial charge on any atom is -0.497 e. The summed E-state index contributed by atoms with van der Waals surface area (Å²) in [6, 6.07) is 7.88. The molecule has 0 heterocycles. The fourth-order valence-electron chi connectivity index (χ4n) is 1.51. The molecule has 0 aliphatic heterocycles. The second-order valence-corrected chi connectivity index (χ2v) is 3.62. The highest BCUT2D eigenvalue weighted by Crippen LogP contribution is 2.24. The minimum atomic E-state index is 0.590. The molecule has 1 N–H and O–H groups in total. The third kappa shape index (κ3) is 4.33. The lowest BCUT2D eigenvalue weighted by Crippen LogP contribution is -2.15. The molecule has 1 rings (SSSR count). The first-order valence-electron chi connectivity index (χ1n) is 5.60. The van der Waals surface area contributed by atoms with Crippen molar-refractivity contribution in [3.8, 4) is 17.6 Å². The van der Waals surface area contributed by atoms with Gasteiger partial charge in [-0.25, -0.2) is 0 Å². The molecular formula is C13H18N2O2. The first-order chi connectivity index (χ1) is 8.31. The molecule has 0 fully saturated rings. The van der Waals surface area contributed by atoms with Crippen molar-refractivity contribution in [1.82, 2.24) is 5.32 Å². The van der Waals surface area contributed by atoms with Crippen molar-refractivity contribution in [3.05, 3.63) is 23.8 Å². The van der Waals surface area contributed by atoms with Crippen LogP contribution in [0.4, 0.5) is 0 Å². The van der Waals surface area contributed by atoms with Crippen LogP contribution in [0.15, 0.2) is 18.2 Å². The van der Waals surface area contributed by atoms with Gasteiger partial charge in [-0.3, -0.25) is 0 Å². The second-order valence-electron chi connectivity index (χ2n) is 3.62. The van der Waals surface area contributed by atoms with Gasteiger partial charge in [0.05, 0.1) is 20.3 Å². The van der Waals surface area contributed by atoms with Gasteiger partial charge >= 0.3 is 0 Å². The molecule has 17 heavy (non-hydrogen) atoms. The fourth-order valence-corrected chi connectivity index (χ4v) is 1.51. The molecular weight excluding hydrogens is 216 g/mol. The smallest absolute Gasteiger partial charge is 0.127 e. The Labute approximate surface area is 102 Å². The van der Waals surface area contributed by atoms with Gasteiger partial charge in [0.25, 0.3) is 0 Å². The van der Waals surface area contributed by atoms with Crippen LogP contribution in [0.1, 0.15) is 18.4 Å². The molecule has 0 bridgehead atoms. The van der Waals surface area contributed by atoms with Gasteiger partial charge in [-0.2, -0.15) is 5.26 Å². The average molecular weight is 234 g/mol. The van der Waals surface area contributed by atoms with Crippen LogP contribution in [0.25, 0.3) is 0 Å². The maximum absolute atomic E-state index is 8.41. The van der Waals surface area contributed by atoms with Crippen molar-refractivity contribution < 1.29 is 9.47 Å². The molecule has 4 heteroatoms. The van der Waals surface area contributed by atoms with Gasteiger partial charge in [0, 0.05) is 24.6 Å². The molecule has 0 amide bonds. The SMILES string of the molecule is COc1ccc(CNCCCC#N)c(OC)c1. The topological polar surface area (TPSA) is 54.3 Å². The van der Waals surface area contributed by atoms with Crippen molar-refractivity contribution in [3.63, 3.8) is 0 Å². The molecule has 0 saturated carbocycles. The summed E-state index contributed by atoms with van der Waals surface area (Å²) in [5.41, 5.74) is 1.09. The van der Waals surface area contributed by atoms with E-state index in [1.54, 1.807) is 14.2 Å². The Morgan fingerprint density at radius 2 is 2.12 bits per heavy atom. The van der Waals surface area contributed by atoms with Crippen molar-refractivity contribution in [2.45, 2.75) is 19.4 Å². The normalized spacial score (nSPS) is 9.71. The number of methoxy groups -OCH3 is 2. The van der Waals surface area contributed by atoms with Crippen LogP contribution in [0.2, 0.25) is 0 Å². The molecule has 0 aromatic heterocycles. The Morgan fingerprint density at radius 3 is 2.76 bits per heavy atom. The van der Waals surface area contributed by atoms with Gasteiger partial charge in [-0.1, -0.05) is 6.07 Å². The summed E-state index contributed by atoms with van der Waals surface area (Å²) in [7, 11) is 3.28. The molecule has 0 spiro atoms. The van der Waals surface area contributed by atoms with Crippen molar-refractivity contribution in [2.24, 2.45) is 0 Å². The fraction of sp³-hybridized carbons (Fsp3) is 0.462. The Hall–Kier alpha value is -1.73. The number of ether oxygens (including phenoxy) is 2. The predicted octanol–water partition coefficient (Wildman–Crippen LogP) is 2.10. The van der Waals surface area contributed by atoms with Crippen LogP contribution in [-0.4, -0.2) is 20.8 Å². The lowest BCUT2D eigenvalue weighted by atomic mass is 10.2. The van der Waals surface area contributed by atoms with E-state index in [-0.39, 0.29) is 0 Å². The second kappa shape index (κ2) is 7.53. The van der Waals surface area contributed by atoms with Crippen LogP contribution < -0.4 is 14.8 Å². The lowest BCUT2D eigenvalue weighted by Gasteiger charge is -2.10. The number of nitrogens with one attached hydrogen (secondary N) is 1. The Bertz CT molecular complexity index is 385. The summed E-state index contributed by atoms with van der Waals surface area (Å²) in [4.78, 5) is 0. The summed E-state index contributed by atoms with van der Waals surface area (Å²) in [5.74, 6) is 1.60. The van der Waals surface area contributed by atoms with E-state index < -0.39 is 0 Å². The van der Waals surface area contributed by atoms with E-state index in [4.69, 9.17) is 14.7 Å². The van der Waals surface area contributed by atoms with E-state index in [0.717, 1.165) is 36.6 Å². The Morgan fingerprint density at radius 1 is 1.29 bits per heavy atom. The number of hydrogen-bond acceptors (Lipinski definition) is 4. The highest BCUT2D eigenvalue weighted by Gasteiger charge is 2.04. The van der Waals surface area contributed by atoms with Gasteiger partial charge in [0.1, 0.15) is 11.5 Å². The maximum Gasteiger partial charge on any atom is 0.127 e. The van der Waals surface area contributed by atoms with Crippen LogP contribution in [-0.2, 0) is 6.54 Å². The third-order valence-electron chi connectivity index (χ3n) is 2.45. The number of nitriles is 1. The molecule has 0 unspecified atom stereocenters. The molecule has 0 radical (unpaired) electrons. The van der Waals surface area contributed by atoms with E-state index in [1.807, 2.05) is 18.2 Å². The predicted molar refractivity (Wildman–Crippen MR) is 66.1 cm³/mol. The first-order valence-corrected chi connectivity index (χ1v) is 5.60. The van der Waals surface area contributed by atoms with Crippen LogP contribution >= 0.6 is 0 Å². The number of unbranched alkanes of at least 4 members (excludes halogenated alkanes) is 1. The first kappa shape index (κ1) is 13.3. The standard InChI is InChI=1S/C13H18N2O2/c1-16-12-6-5-11(13(9-12)17-2)10-15-8-4-3-7-14/h5-6,9,15H,3-4,8,10H2,1-2H3. The number of nitrogens with zero attached hydrogens (tertiary/aromatic N) is 1. The Balaban J connectivity index is 2.50. The van der Waals surface area contributed by atoms with E-state index in [0.29, 0.717) is 6.42 Å². The number of benzene rings is 1. The summed E-state index contributed by atoms with van der Waals surface area (Å²) >= 11 is 0. The molecule has 0 atom stereocenters. The van der Waals surface area contributed by atoms with E-state index in [9.17, 15) is 0 Å². The van der Waals surface area contributed by atoms with Gasteiger partial charge < -0.3 is 14.8 Å². The van der Waals surface area contributed by atoms with Crippen molar-refractivity contribution in [1.29, 1.82) is 5.26 Å². The zero-order chi connectivity index (χ0) is 12.5. The molecule has 4 nitrogen and oxygen atoms in total. The number of rotatable bonds is 7. The largest absolute Gasteiger partial charge is 0.497 e. The van der Waals surface area contributed by atoms with E-state index in [1.165, 1.54) is 0 Å².